The van der Waals surface area contributed by atoms with E-state index in [-0.39, 0.29) is 17.1 Å². The molecule has 0 bridgehead atoms. The van der Waals surface area contributed by atoms with Crippen LogP contribution in [-0.2, 0) is 4.79 Å². The van der Waals surface area contributed by atoms with Gasteiger partial charge in [0, 0.05) is 16.6 Å². The summed E-state index contributed by atoms with van der Waals surface area (Å²) in [4.78, 5) is 27.7. The van der Waals surface area contributed by atoms with Gasteiger partial charge < -0.3 is 9.73 Å². The zero-order valence-corrected chi connectivity index (χ0v) is 17.3. The highest BCUT2D eigenvalue weighted by molar-refractivity contribution is 7.03. The van der Waals surface area contributed by atoms with E-state index in [1.165, 1.54) is 28.5 Å². The molecule has 152 valence electrons. The summed E-state index contributed by atoms with van der Waals surface area (Å²) in [5.41, 5.74) is -0.308. The minimum atomic E-state index is -1.17. The highest BCUT2D eigenvalue weighted by Crippen LogP contribution is 2.31. The maximum absolute atomic E-state index is 14.0. The normalized spacial score (nSPS) is 12.4. The minimum Gasteiger partial charge on any atom is -0.464 e. The number of carbonyl (C=O) groups excluding carboxylic acids is 2. The van der Waals surface area contributed by atoms with Crippen LogP contribution in [0.4, 0.5) is 10.1 Å². The molecule has 7 nitrogen and oxygen atoms in total. The van der Waals surface area contributed by atoms with Gasteiger partial charge in [0.15, 0.2) is 11.7 Å². The molecular weight excluding hydrogens is 395 g/mol. The summed E-state index contributed by atoms with van der Waals surface area (Å²) in [7, 11) is 0. The molecule has 0 radical (unpaired) electrons. The number of aryl methyl sites for hydroxylation is 1. The molecule has 1 N–H and O–H groups in total. The second-order valence-electron chi connectivity index (χ2n) is 7.54. The van der Waals surface area contributed by atoms with Crippen molar-refractivity contribution in [3.8, 4) is 0 Å². The Morgan fingerprint density at radius 3 is 2.55 bits per heavy atom. The summed E-state index contributed by atoms with van der Waals surface area (Å²) in [5.74, 6) is -0.761. The fourth-order valence-electron chi connectivity index (χ4n) is 2.80. The van der Waals surface area contributed by atoms with Crippen molar-refractivity contribution in [2.75, 3.05) is 4.90 Å². The van der Waals surface area contributed by atoms with Crippen molar-refractivity contribution in [1.29, 1.82) is 0 Å². The Bertz CT molecular complexity index is 1010. The monoisotopic (exact) mass is 416 g/mol. The average Bonchev–Trinajstić information content (AvgIpc) is 3.29. The van der Waals surface area contributed by atoms with E-state index in [1.54, 1.807) is 25.1 Å². The zero-order valence-electron chi connectivity index (χ0n) is 16.5. The Hall–Kier alpha value is -3.07. The number of halogens is 1. The Labute approximate surface area is 171 Å². The Kier molecular flexibility index (Phi) is 5.78. The van der Waals surface area contributed by atoms with Gasteiger partial charge in [0.2, 0.25) is 0 Å². The minimum absolute atomic E-state index is 0.0519. The maximum Gasteiger partial charge on any atom is 0.280 e. The van der Waals surface area contributed by atoms with Gasteiger partial charge in [-0.3, -0.25) is 14.5 Å². The van der Waals surface area contributed by atoms with Crippen molar-refractivity contribution in [3.63, 3.8) is 0 Å². The number of rotatable bonds is 5. The van der Waals surface area contributed by atoms with Crippen LogP contribution in [0.1, 0.15) is 48.8 Å². The standard InChI is InChI=1S/C20H21FN4O3S/c1-12-8-9-16(28-12)17(18(26)22-20(2,3)4)25(14-7-5-6-13(21)10-14)19(27)15-11-29-24-23-15/h5-11,17H,1-4H3,(H,22,26)/t17-/m1/s1. The number of benzene rings is 1. The molecule has 0 aliphatic carbocycles. The van der Waals surface area contributed by atoms with Crippen LogP contribution < -0.4 is 10.2 Å². The first kappa shape index (κ1) is 20.7. The molecule has 0 saturated carbocycles. The van der Waals surface area contributed by atoms with Crippen molar-refractivity contribution >= 4 is 29.0 Å². The molecule has 2 heterocycles. The lowest BCUT2D eigenvalue weighted by Gasteiger charge is -2.32. The number of amides is 2. The fourth-order valence-corrected chi connectivity index (χ4v) is 3.23. The van der Waals surface area contributed by atoms with E-state index in [0.29, 0.717) is 5.76 Å². The molecule has 0 aliphatic rings. The van der Waals surface area contributed by atoms with Gasteiger partial charge in [-0.25, -0.2) is 4.39 Å². The Morgan fingerprint density at radius 2 is 2.00 bits per heavy atom. The quantitative estimate of drug-likeness (QED) is 0.682. The first-order chi connectivity index (χ1) is 13.7. The molecule has 3 aromatic rings. The largest absolute Gasteiger partial charge is 0.464 e. The lowest BCUT2D eigenvalue weighted by Crippen LogP contribution is -2.49. The van der Waals surface area contributed by atoms with Crippen molar-refractivity contribution in [2.45, 2.75) is 39.3 Å². The van der Waals surface area contributed by atoms with Crippen LogP contribution in [0.5, 0.6) is 0 Å². The van der Waals surface area contributed by atoms with Gasteiger partial charge >= 0.3 is 0 Å². The molecule has 1 aromatic carbocycles. The predicted octanol–water partition coefficient (Wildman–Crippen LogP) is 3.88. The van der Waals surface area contributed by atoms with Crippen molar-refractivity contribution in [2.24, 2.45) is 0 Å². The number of anilines is 1. The van der Waals surface area contributed by atoms with Crippen LogP contribution in [0.25, 0.3) is 0 Å². The summed E-state index contributed by atoms with van der Waals surface area (Å²) < 4.78 is 23.4. The van der Waals surface area contributed by atoms with Gasteiger partial charge in [0.1, 0.15) is 17.3 Å². The van der Waals surface area contributed by atoms with Crippen LogP contribution in [0.3, 0.4) is 0 Å². The number of furan rings is 1. The van der Waals surface area contributed by atoms with E-state index >= 15 is 0 Å². The van der Waals surface area contributed by atoms with Gasteiger partial charge in [-0.1, -0.05) is 10.6 Å². The predicted molar refractivity (Wildman–Crippen MR) is 107 cm³/mol. The fraction of sp³-hybridized carbons (Fsp3) is 0.300. The maximum atomic E-state index is 14.0. The molecular formula is C20H21FN4O3S. The van der Waals surface area contributed by atoms with E-state index in [2.05, 4.69) is 14.9 Å². The molecule has 2 aromatic heterocycles. The van der Waals surface area contributed by atoms with Gasteiger partial charge in [-0.2, -0.15) is 0 Å². The lowest BCUT2D eigenvalue weighted by molar-refractivity contribution is -0.124. The molecule has 0 saturated heterocycles. The van der Waals surface area contributed by atoms with Gasteiger partial charge in [-0.05, 0) is 69.6 Å². The molecule has 0 spiro atoms. The Balaban J connectivity index is 2.16. The number of nitrogens with one attached hydrogen (secondary N) is 1. The highest BCUT2D eigenvalue weighted by atomic mass is 32.1. The number of nitrogens with zero attached hydrogens (tertiary/aromatic N) is 3. The third kappa shape index (κ3) is 4.86. The topological polar surface area (TPSA) is 88.3 Å². The number of carbonyl (C=O) groups is 2. The molecule has 2 amide bonds. The summed E-state index contributed by atoms with van der Waals surface area (Å²) in [6.07, 6.45) is 0. The van der Waals surface area contributed by atoms with E-state index in [9.17, 15) is 14.0 Å². The van der Waals surface area contributed by atoms with Gasteiger partial charge in [0.05, 0.1) is 0 Å². The molecule has 0 fully saturated rings. The lowest BCUT2D eigenvalue weighted by atomic mass is 10.1. The summed E-state index contributed by atoms with van der Waals surface area (Å²) in [6.45, 7) is 7.22. The molecule has 9 heteroatoms. The van der Waals surface area contributed by atoms with Crippen molar-refractivity contribution < 1.29 is 18.4 Å². The van der Waals surface area contributed by atoms with Crippen molar-refractivity contribution in [3.05, 3.63) is 64.8 Å². The number of hydrogen-bond acceptors (Lipinski definition) is 6. The third-order valence-electron chi connectivity index (χ3n) is 3.92. The molecule has 1 atom stereocenters. The number of hydrogen-bond donors (Lipinski definition) is 1. The van der Waals surface area contributed by atoms with E-state index in [4.69, 9.17) is 4.42 Å². The van der Waals surface area contributed by atoms with Gasteiger partial charge in [0.25, 0.3) is 11.8 Å². The molecule has 29 heavy (non-hydrogen) atoms. The van der Waals surface area contributed by atoms with E-state index < -0.39 is 29.2 Å². The zero-order chi connectivity index (χ0) is 21.2. The first-order valence-electron chi connectivity index (χ1n) is 8.90. The van der Waals surface area contributed by atoms with Crippen LogP contribution in [0, 0.1) is 12.7 Å². The third-order valence-corrected chi connectivity index (χ3v) is 4.42. The second-order valence-corrected chi connectivity index (χ2v) is 8.15. The highest BCUT2D eigenvalue weighted by Gasteiger charge is 2.37. The number of aromatic nitrogens is 2. The first-order valence-corrected chi connectivity index (χ1v) is 9.74. The second kappa shape index (κ2) is 8.12. The molecule has 0 unspecified atom stereocenters. The molecule has 0 aliphatic heterocycles. The van der Waals surface area contributed by atoms with E-state index in [1.807, 2.05) is 20.8 Å². The van der Waals surface area contributed by atoms with Crippen LogP contribution >= 0.6 is 11.5 Å². The van der Waals surface area contributed by atoms with Gasteiger partial charge in [-0.15, -0.1) is 5.10 Å². The average molecular weight is 416 g/mol. The van der Waals surface area contributed by atoms with Crippen LogP contribution in [-0.4, -0.2) is 26.9 Å². The summed E-state index contributed by atoms with van der Waals surface area (Å²) in [5, 5.41) is 8.17. The van der Waals surface area contributed by atoms with Crippen molar-refractivity contribution in [1.82, 2.24) is 14.9 Å². The Morgan fingerprint density at radius 1 is 1.24 bits per heavy atom. The smallest absolute Gasteiger partial charge is 0.280 e. The van der Waals surface area contributed by atoms with Crippen LogP contribution in [0.2, 0.25) is 0 Å². The van der Waals surface area contributed by atoms with Crippen LogP contribution in [0.15, 0.2) is 46.2 Å². The summed E-state index contributed by atoms with van der Waals surface area (Å²) in [6, 6.07) is 7.62. The summed E-state index contributed by atoms with van der Waals surface area (Å²) >= 11 is 1.01. The molecule has 3 rings (SSSR count). The SMILES string of the molecule is Cc1ccc([C@H](C(=O)NC(C)(C)C)N(C(=O)c2csnn2)c2cccc(F)c2)o1. The van der Waals surface area contributed by atoms with E-state index in [0.717, 1.165) is 11.5 Å².